The maximum atomic E-state index is 6.15. The molecule has 2 unspecified atom stereocenters. The first-order valence-corrected chi connectivity index (χ1v) is 6.46. The van der Waals surface area contributed by atoms with E-state index in [1.165, 1.54) is 51.6 Å². The highest BCUT2D eigenvalue weighted by atomic mass is 15.1. The highest BCUT2D eigenvalue weighted by molar-refractivity contribution is 4.87. The number of nitrogens with one attached hydrogen (secondary N) is 1. The van der Waals surface area contributed by atoms with Crippen molar-refractivity contribution in [1.82, 2.24) is 10.2 Å². The third-order valence-corrected chi connectivity index (χ3v) is 3.99. The molecule has 2 fully saturated rings. The molecule has 0 amide bonds. The largest absolute Gasteiger partial charge is 0.326 e. The van der Waals surface area contributed by atoms with Gasteiger partial charge in [0.15, 0.2) is 0 Å². The van der Waals surface area contributed by atoms with E-state index in [-0.39, 0.29) is 0 Å². The lowest BCUT2D eigenvalue weighted by atomic mass is 9.89. The van der Waals surface area contributed by atoms with Gasteiger partial charge in [-0.2, -0.15) is 0 Å². The van der Waals surface area contributed by atoms with Crippen molar-refractivity contribution in [3.8, 4) is 0 Å². The Kier molecular flexibility index (Phi) is 4.00. The second kappa shape index (κ2) is 5.28. The molecule has 2 atom stereocenters. The van der Waals surface area contributed by atoms with Gasteiger partial charge in [0.25, 0.3) is 0 Å². The Morgan fingerprint density at radius 2 is 1.73 bits per heavy atom. The van der Waals surface area contributed by atoms with Crippen LogP contribution in [-0.2, 0) is 0 Å². The van der Waals surface area contributed by atoms with Gasteiger partial charge in [0.2, 0.25) is 0 Å². The van der Waals surface area contributed by atoms with Crippen LogP contribution in [0, 0.1) is 0 Å². The molecule has 88 valence electrons. The molecule has 0 radical (unpaired) electrons. The standard InChI is InChI=1S/C12H25N3/c1-15-8-6-10(7-9-15)14-12-5-3-2-4-11(12)13/h10-12,14H,2-9,13H2,1H3. The summed E-state index contributed by atoms with van der Waals surface area (Å²) in [6, 6.07) is 1.71. The van der Waals surface area contributed by atoms with Gasteiger partial charge in [-0.25, -0.2) is 0 Å². The van der Waals surface area contributed by atoms with Gasteiger partial charge in [-0.05, 0) is 45.8 Å². The molecule has 1 saturated carbocycles. The van der Waals surface area contributed by atoms with Crippen LogP contribution in [0.15, 0.2) is 0 Å². The van der Waals surface area contributed by atoms with Gasteiger partial charge in [0.1, 0.15) is 0 Å². The predicted octanol–water partition coefficient (Wildman–Crippen LogP) is 0.940. The smallest absolute Gasteiger partial charge is 0.0221 e. The summed E-state index contributed by atoms with van der Waals surface area (Å²) in [6.45, 7) is 2.47. The average Bonchev–Trinajstić information content (AvgIpc) is 2.25. The molecule has 3 nitrogen and oxygen atoms in total. The van der Waals surface area contributed by atoms with E-state index in [9.17, 15) is 0 Å². The van der Waals surface area contributed by atoms with E-state index in [0.29, 0.717) is 12.1 Å². The molecular weight excluding hydrogens is 186 g/mol. The fraction of sp³-hybridized carbons (Fsp3) is 1.00. The Hall–Kier alpha value is -0.120. The van der Waals surface area contributed by atoms with E-state index in [4.69, 9.17) is 5.73 Å². The molecule has 0 aromatic rings. The highest BCUT2D eigenvalue weighted by Crippen LogP contribution is 2.19. The molecule has 1 heterocycles. The fourth-order valence-electron chi connectivity index (χ4n) is 2.84. The number of nitrogens with zero attached hydrogens (tertiary/aromatic N) is 1. The van der Waals surface area contributed by atoms with Crippen LogP contribution >= 0.6 is 0 Å². The van der Waals surface area contributed by atoms with Crippen molar-refractivity contribution < 1.29 is 0 Å². The number of hydrogen-bond acceptors (Lipinski definition) is 3. The van der Waals surface area contributed by atoms with Crippen LogP contribution in [0.5, 0.6) is 0 Å². The molecule has 0 aromatic carbocycles. The first kappa shape index (κ1) is 11.4. The number of rotatable bonds is 2. The van der Waals surface area contributed by atoms with Crippen LogP contribution in [0.3, 0.4) is 0 Å². The lowest BCUT2D eigenvalue weighted by Crippen LogP contribution is -2.53. The first-order chi connectivity index (χ1) is 7.25. The molecule has 2 rings (SSSR count). The number of piperidine rings is 1. The lowest BCUT2D eigenvalue weighted by molar-refractivity contribution is 0.206. The molecule has 3 heteroatoms. The summed E-state index contributed by atoms with van der Waals surface area (Å²) in [4.78, 5) is 2.42. The van der Waals surface area contributed by atoms with E-state index in [2.05, 4.69) is 17.3 Å². The summed E-state index contributed by atoms with van der Waals surface area (Å²) in [6.07, 6.45) is 7.77. The summed E-state index contributed by atoms with van der Waals surface area (Å²) in [5, 5.41) is 3.78. The van der Waals surface area contributed by atoms with E-state index in [1.807, 2.05) is 0 Å². The van der Waals surface area contributed by atoms with E-state index < -0.39 is 0 Å². The molecular formula is C12H25N3. The van der Waals surface area contributed by atoms with Crippen LogP contribution < -0.4 is 11.1 Å². The average molecular weight is 211 g/mol. The minimum atomic E-state index is 0.401. The zero-order chi connectivity index (χ0) is 10.7. The van der Waals surface area contributed by atoms with Crippen molar-refractivity contribution in [2.45, 2.75) is 56.7 Å². The quantitative estimate of drug-likeness (QED) is 0.714. The van der Waals surface area contributed by atoms with Crippen molar-refractivity contribution >= 4 is 0 Å². The minimum absolute atomic E-state index is 0.401. The second-order valence-electron chi connectivity index (χ2n) is 5.30. The zero-order valence-corrected chi connectivity index (χ0v) is 9.91. The van der Waals surface area contributed by atoms with Gasteiger partial charge in [-0.15, -0.1) is 0 Å². The van der Waals surface area contributed by atoms with Gasteiger partial charge < -0.3 is 16.0 Å². The summed E-state index contributed by atoms with van der Waals surface area (Å²) < 4.78 is 0. The Morgan fingerprint density at radius 3 is 2.40 bits per heavy atom. The van der Waals surface area contributed by atoms with Crippen LogP contribution in [0.4, 0.5) is 0 Å². The molecule has 2 aliphatic rings. The van der Waals surface area contributed by atoms with Crippen molar-refractivity contribution in [1.29, 1.82) is 0 Å². The Bertz CT molecular complexity index is 187. The molecule has 1 aliphatic heterocycles. The van der Waals surface area contributed by atoms with Gasteiger partial charge in [0.05, 0.1) is 0 Å². The van der Waals surface area contributed by atoms with Gasteiger partial charge >= 0.3 is 0 Å². The topological polar surface area (TPSA) is 41.3 Å². The van der Waals surface area contributed by atoms with Gasteiger partial charge in [0, 0.05) is 18.1 Å². The van der Waals surface area contributed by atoms with E-state index in [1.54, 1.807) is 0 Å². The first-order valence-electron chi connectivity index (χ1n) is 6.46. The molecule has 1 saturated heterocycles. The second-order valence-corrected chi connectivity index (χ2v) is 5.30. The van der Waals surface area contributed by atoms with Crippen molar-refractivity contribution in [2.24, 2.45) is 5.73 Å². The molecule has 0 aromatic heterocycles. The predicted molar refractivity (Wildman–Crippen MR) is 63.9 cm³/mol. The van der Waals surface area contributed by atoms with Gasteiger partial charge in [-0.1, -0.05) is 12.8 Å². The number of likely N-dealkylation sites (tertiary alicyclic amines) is 1. The summed E-state index contributed by atoms with van der Waals surface area (Å²) in [5.74, 6) is 0. The number of nitrogens with two attached hydrogens (primary N) is 1. The minimum Gasteiger partial charge on any atom is -0.326 e. The highest BCUT2D eigenvalue weighted by Gasteiger charge is 2.25. The molecule has 15 heavy (non-hydrogen) atoms. The van der Waals surface area contributed by atoms with Gasteiger partial charge in [-0.3, -0.25) is 0 Å². The molecule has 0 spiro atoms. The fourth-order valence-corrected chi connectivity index (χ4v) is 2.84. The summed E-state index contributed by atoms with van der Waals surface area (Å²) >= 11 is 0. The Balaban J connectivity index is 1.75. The van der Waals surface area contributed by atoms with E-state index in [0.717, 1.165) is 6.04 Å². The maximum Gasteiger partial charge on any atom is 0.0221 e. The summed E-state index contributed by atoms with van der Waals surface area (Å²) in [5.41, 5.74) is 6.15. The molecule has 1 aliphatic carbocycles. The molecule has 0 bridgehead atoms. The molecule has 3 N–H and O–H groups in total. The Morgan fingerprint density at radius 1 is 1.07 bits per heavy atom. The van der Waals surface area contributed by atoms with Crippen LogP contribution in [0.2, 0.25) is 0 Å². The SMILES string of the molecule is CN1CCC(NC2CCCCC2N)CC1. The van der Waals surface area contributed by atoms with Crippen LogP contribution in [-0.4, -0.2) is 43.2 Å². The van der Waals surface area contributed by atoms with Crippen molar-refractivity contribution in [3.05, 3.63) is 0 Å². The third-order valence-electron chi connectivity index (χ3n) is 3.99. The number of hydrogen-bond donors (Lipinski definition) is 2. The normalized spacial score (nSPS) is 35.6. The van der Waals surface area contributed by atoms with Crippen LogP contribution in [0.1, 0.15) is 38.5 Å². The van der Waals surface area contributed by atoms with Crippen molar-refractivity contribution in [2.75, 3.05) is 20.1 Å². The van der Waals surface area contributed by atoms with Crippen molar-refractivity contribution in [3.63, 3.8) is 0 Å². The van der Waals surface area contributed by atoms with Crippen LogP contribution in [0.25, 0.3) is 0 Å². The summed E-state index contributed by atoms with van der Waals surface area (Å²) in [7, 11) is 2.21. The Labute approximate surface area is 93.4 Å². The maximum absolute atomic E-state index is 6.15. The third kappa shape index (κ3) is 3.16. The monoisotopic (exact) mass is 211 g/mol. The lowest BCUT2D eigenvalue weighted by Gasteiger charge is -2.36. The van der Waals surface area contributed by atoms with E-state index >= 15 is 0 Å². The zero-order valence-electron chi connectivity index (χ0n) is 9.91.